The number of ether oxygens (including phenoxy) is 1. The number of carboxylic acids is 2. The summed E-state index contributed by atoms with van der Waals surface area (Å²) in [5.74, 6) is -3.63. The van der Waals surface area contributed by atoms with Crippen molar-refractivity contribution in [2.45, 2.75) is 17.5 Å². The smallest absolute Gasteiger partial charge is 0.352 e. The molecule has 2 fully saturated rings. The van der Waals surface area contributed by atoms with E-state index < -0.39 is 41.8 Å². The lowest BCUT2D eigenvalue weighted by Crippen LogP contribution is -2.71. The Hall–Kier alpha value is -3.17. The van der Waals surface area contributed by atoms with Crippen molar-refractivity contribution >= 4 is 57.7 Å². The van der Waals surface area contributed by atoms with E-state index in [0.29, 0.717) is 17.9 Å². The van der Waals surface area contributed by atoms with E-state index in [1.165, 1.54) is 17.1 Å². The maximum atomic E-state index is 12.8. The van der Waals surface area contributed by atoms with Crippen molar-refractivity contribution in [3.8, 4) is 0 Å². The third-order valence-electron chi connectivity index (χ3n) is 4.53. The zero-order valence-corrected chi connectivity index (χ0v) is 17.1. The minimum atomic E-state index is -1.30. The summed E-state index contributed by atoms with van der Waals surface area (Å²) in [4.78, 5) is 57.5. The number of thiazole rings is 1. The van der Waals surface area contributed by atoms with E-state index in [1.54, 1.807) is 0 Å². The van der Waals surface area contributed by atoms with Crippen LogP contribution >= 0.6 is 23.1 Å². The molecule has 31 heavy (non-hydrogen) atoms. The van der Waals surface area contributed by atoms with Crippen LogP contribution in [0, 0.1) is 0 Å². The lowest BCUT2D eigenvalue weighted by atomic mass is 10.0. The second kappa shape index (κ2) is 8.16. The van der Waals surface area contributed by atoms with Gasteiger partial charge in [0.25, 0.3) is 11.8 Å². The van der Waals surface area contributed by atoms with Gasteiger partial charge in [-0.3, -0.25) is 14.5 Å². The first-order valence-corrected chi connectivity index (χ1v) is 10.7. The number of nitrogen functional groups attached to an aromatic ring is 1. The van der Waals surface area contributed by atoms with E-state index >= 15 is 0 Å². The zero-order chi connectivity index (χ0) is 22.3. The average Bonchev–Trinajstić information content (AvgIpc) is 3.48. The number of rotatable bonds is 8. The second-order valence-electron chi connectivity index (χ2n) is 6.54. The molecule has 0 spiro atoms. The molecule has 3 atom stereocenters. The highest BCUT2D eigenvalue weighted by molar-refractivity contribution is 8.00. The summed E-state index contributed by atoms with van der Waals surface area (Å²) in [5, 5.41) is 25.2. The molecular formula is C16H15N5O8S2. The molecule has 0 saturated carbocycles. The Morgan fingerprint density at radius 3 is 2.74 bits per heavy atom. The van der Waals surface area contributed by atoms with Gasteiger partial charge in [-0.15, -0.1) is 23.1 Å². The number of carbonyl (C=O) groups excluding carboxylic acids is 2. The number of aliphatic carboxylic acids is 2. The normalized spacial score (nSPS) is 24.9. The maximum Gasteiger partial charge on any atom is 0.352 e. The molecule has 0 aliphatic carbocycles. The number of carbonyl (C=O) groups is 4. The van der Waals surface area contributed by atoms with Crippen LogP contribution in [0.3, 0.4) is 0 Å². The Labute approximate surface area is 181 Å². The van der Waals surface area contributed by atoms with Gasteiger partial charge in [0.2, 0.25) is 6.61 Å². The van der Waals surface area contributed by atoms with E-state index in [9.17, 15) is 24.3 Å². The van der Waals surface area contributed by atoms with Crippen LogP contribution in [0.25, 0.3) is 0 Å². The summed E-state index contributed by atoms with van der Waals surface area (Å²) < 4.78 is 5.17. The highest BCUT2D eigenvalue weighted by atomic mass is 32.2. The van der Waals surface area contributed by atoms with Gasteiger partial charge in [-0.25, -0.2) is 14.6 Å². The molecule has 15 heteroatoms. The quantitative estimate of drug-likeness (QED) is 0.152. The van der Waals surface area contributed by atoms with Crippen molar-refractivity contribution < 1.29 is 39.0 Å². The molecule has 3 aliphatic heterocycles. The van der Waals surface area contributed by atoms with Crippen LogP contribution in [0.2, 0.25) is 0 Å². The van der Waals surface area contributed by atoms with Crippen LogP contribution < -0.4 is 11.1 Å². The number of nitrogens with zero attached hydrogens (tertiary/aromatic N) is 3. The molecule has 13 nitrogen and oxygen atoms in total. The molecule has 4 heterocycles. The number of oxime groups is 1. The Morgan fingerprint density at radius 2 is 2.16 bits per heavy atom. The summed E-state index contributed by atoms with van der Waals surface area (Å²) in [7, 11) is 0. The second-order valence-corrected chi connectivity index (χ2v) is 8.53. The molecule has 3 aliphatic rings. The molecule has 164 valence electrons. The maximum absolute atomic E-state index is 12.8. The lowest BCUT2D eigenvalue weighted by molar-refractivity contribution is -0.150. The summed E-state index contributed by atoms with van der Waals surface area (Å²) >= 11 is 2.34. The number of hydrogen-bond acceptors (Lipinski definition) is 11. The van der Waals surface area contributed by atoms with Gasteiger partial charge in [0.15, 0.2) is 10.8 Å². The minimum absolute atomic E-state index is 0.0459. The summed E-state index contributed by atoms with van der Waals surface area (Å²) in [6, 6.07) is -1.01. The number of nitrogens with two attached hydrogens (primary N) is 1. The monoisotopic (exact) mass is 469 g/mol. The Morgan fingerprint density at radius 1 is 1.42 bits per heavy atom. The molecular weight excluding hydrogens is 454 g/mol. The Balaban J connectivity index is 1.52. The molecule has 2 saturated heterocycles. The molecule has 1 unspecified atom stereocenters. The van der Waals surface area contributed by atoms with Gasteiger partial charge in [-0.05, 0) is 0 Å². The zero-order valence-electron chi connectivity index (χ0n) is 15.5. The summed E-state index contributed by atoms with van der Waals surface area (Å²) in [6.45, 7) is -0.379. The third-order valence-corrected chi connectivity index (χ3v) is 6.51. The fourth-order valence-corrected chi connectivity index (χ4v) is 5.06. The largest absolute Gasteiger partial charge is 0.479 e. The molecule has 4 rings (SSSR count). The number of nitrogens with one attached hydrogen (secondary N) is 1. The first kappa shape index (κ1) is 21.1. The number of carboxylic acid groups (broad SMARTS) is 2. The van der Waals surface area contributed by atoms with E-state index in [4.69, 9.17) is 15.6 Å². The van der Waals surface area contributed by atoms with Gasteiger partial charge in [0.05, 0.1) is 6.61 Å². The van der Waals surface area contributed by atoms with Gasteiger partial charge >= 0.3 is 11.9 Å². The summed E-state index contributed by atoms with van der Waals surface area (Å²) in [5.41, 5.74) is 5.68. The van der Waals surface area contributed by atoms with Crippen LogP contribution in [0.15, 0.2) is 21.8 Å². The SMILES string of the molecule is Nc1nc(/C(=N/OCC(=O)O)C(=O)N[C@@H]2C(=O)N3C(C(=O)O)=C(C4CO4)CS[C@H]23)cs1. The standard InChI is InChI=1S/C16H15N5O8S2/c17-16-18-6(4-31-16)9(20-29-2-8(22)23)12(24)19-10-13(25)21-11(15(26)27)5(7-1-28-7)3-30-14(10)21/h4,7,10,14H,1-3H2,(H2,17,18)(H,19,24)(H,22,23)(H,26,27)/b20-9-/t7?,10-,14-/m1/s1. The van der Waals surface area contributed by atoms with Crippen LogP contribution in [-0.2, 0) is 28.8 Å². The molecule has 5 N–H and O–H groups in total. The minimum Gasteiger partial charge on any atom is -0.479 e. The lowest BCUT2D eigenvalue weighted by Gasteiger charge is -2.49. The third kappa shape index (κ3) is 4.06. The van der Waals surface area contributed by atoms with Crippen LogP contribution in [0.1, 0.15) is 5.69 Å². The first-order valence-electron chi connectivity index (χ1n) is 8.74. The predicted octanol–water partition coefficient (Wildman–Crippen LogP) is -1.33. The molecule has 0 radical (unpaired) electrons. The van der Waals surface area contributed by atoms with Gasteiger partial charge in [0, 0.05) is 16.7 Å². The molecule has 2 amide bonds. The Kier molecular flexibility index (Phi) is 5.55. The van der Waals surface area contributed by atoms with E-state index in [1.807, 2.05) is 0 Å². The van der Waals surface area contributed by atoms with Gasteiger partial charge < -0.3 is 30.8 Å². The number of amides is 2. The fraction of sp³-hybridized carbons (Fsp3) is 0.375. The number of hydrogen-bond donors (Lipinski definition) is 4. The number of anilines is 1. The van der Waals surface area contributed by atoms with Gasteiger partial charge in [-0.1, -0.05) is 5.16 Å². The molecule has 0 aromatic carbocycles. The number of fused-ring (bicyclic) bond motifs is 1. The fourth-order valence-electron chi connectivity index (χ4n) is 3.10. The number of aromatic nitrogens is 1. The first-order chi connectivity index (χ1) is 14.8. The predicted molar refractivity (Wildman–Crippen MR) is 106 cm³/mol. The van der Waals surface area contributed by atoms with Crippen molar-refractivity contribution in [2.75, 3.05) is 24.7 Å². The molecule has 0 bridgehead atoms. The Bertz CT molecular complexity index is 1030. The molecule has 1 aromatic rings. The van der Waals surface area contributed by atoms with Crippen LogP contribution in [-0.4, -0.2) is 86.0 Å². The van der Waals surface area contributed by atoms with Crippen molar-refractivity contribution in [3.63, 3.8) is 0 Å². The van der Waals surface area contributed by atoms with E-state index in [-0.39, 0.29) is 28.3 Å². The molecule has 1 aromatic heterocycles. The number of epoxide rings is 1. The van der Waals surface area contributed by atoms with E-state index in [2.05, 4.69) is 20.3 Å². The average molecular weight is 469 g/mol. The van der Waals surface area contributed by atoms with Crippen LogP contribution in [0.4, 0.5) is 5.13 Å². The van der Waals surface area contributed by atoms with Gasteiger partial charge in [0.1, 0.15) is 28.9 Å². The highest BCUT2D eigenvalue weighted by Gasteiger charge is 2.55. The number of β-lactam (4-membered cyclic amide) rings is 1. The van der Waals surface area contributed by atoms with Crippen molar-refractivity contribution in [1.82, 2.24) is 15.2 Å². The van der Waals surface area contributed by atoms with Crippen molar-refractivity contribution in [3.05, 3.63) is 22.3 Å². The van der Waals surface area contributed by atoms with Crippen LogP contribution in [0.5, 0.6) is 0 Å². The van der Waals surface area contributed by atoms with Crippen molar-refractivity contribution in [2.24, 2.45) is 5.16 Å². The topological polar surface area (TPSA) is 197 Å². The number of thioether (sulfide) groups is 1. The summed E-state index contributed by atoms with van der Waals surface area (Å²) in [6.07, 6.45) is -0.304. The van der Waals surface area contributed by atoms with E-state index in [0.717, 1.165) is 16.2 Å². The highest BCUT2D eigenvalue weighted by Crippen LogP contribution is 2.43. The van der Waals surface area contributed by atoms with Gasteiger partial charge in [-0.2, -0.15) is 0 Å². The van der Waals surface area contributed by atoms with Crippen molar-refractivity contribution in [1.29, 1.82) is 0 Å².